The van der Waals surface area contributed by atoms with Crippen LogP contribution in [0.1, 0.15) is 75.5 Å². The number of fused-ring (bicyclic) bond motifs is 3. The maximum absolute atomic E-state index is 12.2. The standard InChI is InChI=1S/C21H28O3/c1-4-5-6-8-13(2)14(3)15-11-18(22)20-16-9-7-10-17(16)21(23)24-19(20)12-15/h11-14,22H,4-10H2,1-3H3. The average molecular weight is 328 g/mol. The number of rotatable bonds is 6. The van der Waals surface area contributed by atoms with Gasteiger partial charge in [0, 0.05) is 5.56 Å². The number of phenolic OH excluding ortho intramolecular Hbond substituents is 1. The van der Waals surface area contributed by atoms with Gasteiger partial charge < -0.3 is 9.52 Å². The maximum Gasteiger partial charge on any atom is 0.339 e. The Labute approximate surface area is 143 Å². The van der Waals surface area contributed by atoms with Crippen molar-refractivity contribution in [3.05, 3.63) is 39.2 Å². The Balaban J connectivity index is 1.96. The first kappa shape index (κ1) is 17.1. The molecule has 1 aliphatic carbocycles. The number of hydrogen-bond acceptors (Lipinski definition) is 3. The summed E-state index contributed by atoms with van der Waals surface area (Å²) in [5.74, 6) is 1.13. The van der Waals surface area contributed by atoms with Gasteiger partial charge in [0.15, 0.2) is 0 Å². The van der Waals surface area contributed by atoms with Crippen LogP contribution in [0.4, 0.5) is 0 Å². The molecule has 1 N–H and O–H groups in total. The number of phenols is 1. The van der Waals surface area contributed by atoms with Crippen LogP contribution in [-0.2, 0) is 12.8 Å². The Morgan fingerprint density at radius 2 is 1.92 bits per heavy atom. The van der Waals surface area contributed by atoms with E-state index in [9.17, 15) is 9.90 Å². The number of aryl methyl sites for hydroxylation is 1. The van der Waals surface area contributed by atoms with Crippen molar-refractivity contribution in [2.24, 2.45) is 5.92 Å². The van der Waals surface area contributed by atoms with E-state index in [-0.39, 0.29) is 11.4 Å². The smallest absolute Gasteiger partial charge is 0.339 e. The van der Waals surface area contributed by atoms with Crippen molar-refractivity contribution in [2.45, 2.75) is 71.6 Å². The van der Waals surface area contributed by atoms with E-state index >= 15 is 0 Å². The minimum Gasteiger partial charge on any atom is -0.507 e. The zero-order chi connectivity index (χ0) is 17.3. The summed E-state index contributed by atoms with van der Waals surface area (Å²) in [6.07, 6.45) is 7.50. The molecule has 0 saturated carbocycles. The second kappa shape index (κ2) is 7.00. The molecule has 0 amide bonds. The van der Waals surface area contributed by atoms with Gasteiger partial charge in [0.1, 0.15) is 11.3 Å². The lowest BCUT2D eigenvalue weighted by Gasteiger charge is -2.21. The Morgan fingerprint density at radius 3 is 2.67 bits per heavy atom. The molecule has 0 fully saturated rings. The molecule has 24 heavy (non-hydrogen) atoms. The molecule has 130 valence electrons. The highest BCUT2D eigenvalue weighted by Gasteiger charge is 2.23. The summed E-state index contributed by atoms with van der Waals surface area (Å²) in [6.45, 7) is 6.68. The van der Waals surface area contributed by atoms with Crippen molar-refractivity contribution in [3.63, 3.8) is 0 Å². The molecule has 0 saturated heterocycles. The van der Waals surface area contributed by atoms with Crippen LogP contribution in [-0.4, -0.2) is 5.11 Å². The molecular weight excluding hydrogens is 300 g/mol. The minimum absolute atomic E-state index is 0.227. The van der Waals surface area contributed by atoms with E-state index in [1.54, 1.807) is 0 Å². The molecule has 2 unspecified atom stereocenters. The fraction of sp³-hybridized carbons (Fsp3) is 0.571. The summed E-state index contributed by atoms with van der Waals surface area (Å²) in [5, 5.41) is 11.3. The zero-order valence-corrected chi connectivity index (χ0v) is 15.0. The summed E-state index contributed by atoms with van der Waals surface area (Å²) >= 11 is 0. The van der Waals surface area contributed by atoms with Gasteiger partial charge in [-0.2, -0.15) is 0 Å². The molecule has 0 aliphatic heterocycles. The van der Waals surface area contributed by atoms with Gasteiger partial charge >= 0.3 is 5.63 Å². The SMILES string of the molecule is CCCCCC(C)C(C)c1cc(O)c2c3c(c(=O)oc2c1)CCC3. The normalized spacial score (nSPS) is 16.3. The van der Waals surface area contributed by atoms with Crippen molar-refractivity contribution < 1.29 is 9.52 Å². The molecule has 3 nitrogen and oxygen atoms in total. The molecule has 3 rings (SSSR count). The maximum atomic E-state index is 12.2. The summed E-state index contributed by atoms with van der Waals surface area (Å²) in [7, 11) is 0. The van der Waals surface area contributed by atoms with Crippen LogP contribution in [0, 0.1) is 5.92 Å². The Morgan fingerprint density at radius 1 is 1.17 bits per heavy atom. The molecule has 0 spiro atoms. The third-order valence-electron chi connectivity index (χ3n) is 5.71. The first-order chi connectivity index (χ1) is 11.5. The van der Waals surface area contributed by atoms with Gasteiger partial charge in [0.2, 0.25) is 0 Å². The van der Waals surface area contributed by atoms with Gasteiger partial charge in [-0.15, -0.1) is 0 Å². The largest absolute Gasteiger partial charge is 0.507 e. The molecule has 2 atom stereocenters. The second-order valence-electron chi connectivity index (χ2n) is 7.38. The highest BCUT2D eigenvalue weighted by molar-refractivity contribution is 5.88. The van der Waals surface area contributed by atoms with Crippen LogP contribution in [0.15, 0.2) is 21.3 Å². The molecular formula is C21H28O3. The highest BCUT2D eigenvalue weighted by atomic mass is 16.4. The van der Waals surface area contributed by atoms with Crippen LogP contribution in [0.3, 0.4) is 0 Å². The Hall–Kier alpha value is -1.77. The fourth-order valence-corrected chi connectivity index (χ4v) is 3.97. The van der Waals surface area contributed by atoms with Crippen LogP contribution >= 0.6 is 0 Å². The molecule has 1 aliphatic rings. The summed E-state index contributed by atoms with van der Waals surface area (Å²) < 4.78 is 5.54. The minimum atomic E-state index is -0.227. The molecule has 1 heterocycles. The first-order valence-electron chi connectivity index (χ1n) is 9.34. The molecule has 1 aromatic carbocycles. The van der Waals surface area contributed by atoms with Gasteiger partial charge in [-0.3, -0.25) is 0 Å². The average Bonchev–Trinajstić information content (AvgIpc) is 3.03. The van der Waals surface area contributed by atoms with Gasteiger partial charge in [-0.1, -0.05) is 46.5 Å². The lowest BCUT2D eigenvalue weighted by molar-refractivity contribution is 0.427. The van der Waals surface area contributed by atoms with Crippen LogP contribution < -0.4 is 5.63 Å². The third-order valence-corrected chi connectivity index (χ3v) is 5.71. The second-order valence-corrected chi connectivity index (χ2v) is 7.38. The van der Waals surface area contributed by atoms with E-state index in [1.807, 2.05) is 12.1 Å². The van der Waals surface area contributed by atoms with Gasteiger partial charge in [0.05, 0.1) is 5.39 Å². The van der Waals surface area contributed by atoms with Crippen molar-refractivity contribution >= 4 is 11.0 Å². The zero-order valence-electron chi connectivity index (χ0n) is 15.0. The predicted molar refractivity (Wildman–Crippen MR) is 97.9 cm³/mol. The van der Waals surface area contributed by atoms with Gasteiger partial charge in [0.25, 0.3) is 0 Å². The van der Waals surface area contributed by atoms with Crippen molar-refractivity contribution in [1.29, 1.82) is 0 Å². The highest BCUT2D eigenvalue weighted by Crippen LogP contribution is 2.38. The number of hydrogen-bond donors (Lipinski definition) is 1. The number of unbranched alkanes of at least 4 members (excludes halogenated alkanes) is 2. The monoisotopic (exact) mass is 328 g/mol. The van der Waals surface area contributed by atoms with Crippen LogP contribution in [0.5, 0.6) is 5.75 Å². The summed E-state index contributed by atoms with van der Waals surface area (Å²) in [6, 6.07) is 3.85. The molecule has 0 radical (unpaired) electrons. The Kier molecular flexibility index (Phi) is 4.98. The van der Waals surface area contributed by atoms with Crippen LogP contribution in [0.2, 0.25) is 0 Å². The topological polar surface area (TPSA) is 50.4 Å². The van der Waals surface area contributed by atoms with Crippen molar-refractivity contribution in [2.75, 3.05) is 0 Å². The van der Waals surface area contributed by atoms with E-state index in [0.717, 1.165) is 41.3 Å². The molecule has 0 bridgehead atoms. The van der Waals surface area contributed by atoms with Crippen molar-refractivity contribution in [1.82, 2.24) is 0 Å². The van der Waals surface area contributed by atoms with E-state index < -0.39 is 0 Å². The molecule has 2 aromatic rings. The summed E-state index contributed by atoms with van der Waals surface area (Å²) in [4.78, 5) is 12.2. The quantitative estimate of drug-likeness (QED) is 0.577. The van der Waals surface area contributed by atoms with Crippen LogP contribution in [0.25, 0.3) is 11.0 Å². The van der Waals surface area contributed by atoms with Gasteiger partial charge in [-0.05, 0) is 54.4 Å². The number of aromatic hydroxyl groups is 1. The predicted octanol–water partition coefficient (Wildman–Crippen LogP) is 5.31. The lowest BCUT2D eigenvalue weighted by atomic mass is 9.85. The fourth-order valence-electron chi connectivity index (χ4n) is 3.97. The number of benzene rings is 1. The molecule has 1 aromatic heterocycles. The van der Waals surface area contributed by atoms with E-state index in [2.05, 4.69) is 20.8 Å². The molecule has 3 heteroatoms. The van der Waals surface area contributed by atoms with E-state index in [1.165, 1.54) is 25.7 Å². The van der Waals surface area contributed by atoms with Gasteiger partial charge in [-0.25, -0.2) is 4.79 Å². The van der Waals surface area contributed by atoms with E-state index in [0.29, 0.717) is 17.4 Å². The van der Waals surface area contributed by atoms with E-state index in [4.69, 9.17) is 4.42 Å². The lowest BCUT2D eigenvalue weighted by Crippen LogP contribution is -2.09. The first-order valence-corrected chi connectivity index (χ1v) is 9.34. The summed E-state index contributed by atoms with van der Waals surface area (Å²) in [5.41, 5.74) is 3.13. The Bertz CT molecular complexity index is 788. The van der Waals surface area contributed by atoms with Crippen molar-refractivity contribution in [3.8, 4) is 5.75 Å². The third kappa shape index (κ3) is 3.09.